The van der Waals surface area contributed by atoms with Gasteiger partial charge in [-0.3, -0.25) is 9.59 Å². The molecule has 0 radical (unpaired) electrons. The SMILES string of the molecule is C=CCC(N)C(=O)NCCC(=O)N(C)C. The molecule has 0 aromatic rings. The summed E-state index contributed by atoms with van der Waals surface area (Å²) in [5.41, 5.74) is 5.53. The molecule has 0 fully saturated rings. The zero-order valence-electron chi connectivity index (χ0n) is 9.32. The molecule has 0 heterocycles. The van der Waals surface area contributed by atoms with E-state index in [1.165, 1.54) is 4.90 Å². The first-order valence-corrected chi connectivity index (χ1v) is 4.83. The predicted molar refractivity (Wildman–Crippen MR) is 59.1 cm³/mol. The quantitative estimate of drug-likeness (QED) is 0.583. The summed E-state index contributed by atoms with van der Waals surface area (Å²) in [6, 6.07) is -0.572. The number of nitrogens with one attached hydrogen (secondary N) is 1. The van der Waals surface area contributed by atoms with E-state index in [4.69, 9.17) is 5.73 Å². The van der Waals surface area contributed by atoms with Crippen LogP contribution in [-0.2, 0) is 9.59 Å². The molecule has 3 N–H and O–H groups in total. The van der Waals surface area contributed by atoms with Crippen LogP contribution >= 0.6 is 0 Å². The minimum absolute atomic E-state index is 0.0207. The van der Waals surface area contributed by atoms with Gasteiger partial charge in [0, 0.05) is 27.1 Å². The summed E-state index contributed by atoms with van der Waals surface area (Å²) < 4.78 is 0. The van der Waals surface area contributed by atoms with Crippen LogP contribution in [0.15, 0.2) is 12.7 Å². The first-order chi connectivity index (χ1) is 6.99. The van der Waals surface area contributed by atoms with Crippen molar-refractivity contribution in [3.8, 4) is 0 Å². The van der Waals surface area contributed by atoms with Gasteiger partial charge in [-0.2, -0.15) is 0 Å². The highest BCUT2D eigenvalue weighted by atomic mass is 16.2. The van der Waals surface area contributed by atoms with E-state index in [-0.39, 0.29) is 11.8 Å². The number of carbonyl (C=O) groups is 2. The Kier molecular flexibility index (Phi) is 6.37. The number of rotatable bonds is 6. The Labute approximate surface area is 90.3 Å². The molecule has 1 unspecified atom stereocenters. The Hall–Kier alpha value is -1.36. The molecule has 0 saturated heterocycles. The third kappa shape index (κ3) is 5.85. The maximum Gasteiger partial charge on any atom is 0.237 e. The number of nitrogens with two attached hydrogens (primary N) is 1. The monoisotopic (exact) mass is 213 g/mol. The van der Waals surface area contributed by atoms with Crippen molar-refractivity contribution in [2.45, 2.75) is 18.9 Å². The van der Waals surface area contributed by atoms with Crippen LogP contribution in [0.4, 0.5) is 0 Å². The summed E-state index contributed by atoms with van der Waals surface area (Å²) in [5, 5.41) is 2.59. The van der Waals surface area contributed by atoms with Crippen LogP contribution in [0, 0.1) is 0 Å². The molecule has 15 heavy (non-hydrogen) atoms. The topological polar surface area (TPSA) is 75.4 Å². The molecule has 5 nitrogen and oxygen atoms in total. The zero-order chi connectivity index (χ0) is 11.8. The highest BCUT2D eigenvalue weighted by Gasteiger charge is 2.11. The van der Waals surface area contributed by atoms with Crippen molar-refractivity contribution in [1.29, 1.82) is 0 Å². The fourth-order valence-corrected chi connectivity index (χ4v) is 0.934. The number of hydrogen-bond donors (Lipinski definition) is 2. The summed E-state index contributed by atoms with van der Waals surface area (Å²) in [4.78, 5) is 23.9. The highest BCUT2D eigenvalue weighted by Crippen LogP contribution is 1.90. The summed E-state index contributed by atoms with van der Waals surface area (Å²) in [6.07, 6.45) is 2.32. The maximum absolute atomic E-state index is 11.3. The van der Waals surface area contributed by atoms with E-state index in [9.17, 15) is 9.59 Å². The van der Waals surface area contributed by atoms with Gasteiger partial charge in [0.25, 0.3) is 0 Å². The van der Waals surface area contributed by atoms with Gasteiger partial charge in [0.1, 0.15) is 0 Å². The molecule has 0 aromatic carbocycles. The third-order valence-electron chi connectivity index (χ3n) is 1.89. The van der Waals surface area contributed by atoms with Crippen molar-refractivity contribution < 1.29 is 9.59 Å². The van der Waals surface area contributed by atoms with E-state index in [1.54, 1.807) is 20.2 Å². The molecule has 86 valence electrons. The second kappa shape index (κ2) is 7.00. The average Bonchev–Trinajstić information content (AvgIpc) is 2.17. The minimum atomic E-state index is -0.572. The van der Waals surface area contributed by atoms with Gasteiger partial charge in [0.05, 0.1) is 6.04 Å². The van der Waals surface area contributed by atoms with Crippen LogP contribution in [0.25, 0.3) is 0 Å². The lowest BCUT2D eigenvalue weighted by molar-refractivity contribution is -0.128. The second-order valence-electron chi connectivity index (χ2n) is 3.46. The molecule has 0 aliphatic carbocycles. The predicted octanol–water partition coefficient (Wildman–Crippen LogP) is -0.516. The van der Waals surface area contributed by atoms with Crippen LogP contribution < -0.4 is 11.1 Å². The first-order valence-electron chi connectivity index (χ1n) is 4.83. The zero-order valence-corrected chi connectivity index (χ0v) is 9.32. The van der Waals surface area contributed by atoms with Crippen molar-refractivity contribution >= 4 is 11.8 Å². The molecule has 0 aliphatic rings. The molecule has 1 atom stereocenters. The second-order valence-corrected chi connectivity index (χ2v) is 3.46. The van der Waals surface area contributed by atoms with Crippen LogP contribution in [0.5, 0.6) is 0 Å². The average molecular weight is 213 g/mol. The van der Waals surface area contributed by atoms with Crippen molar-refractivity contribution in [3.63, 3.8) is 0 Å². The van der Waals surface area contributed by atoms with E-state index in [1.807, 2.05) is 0 Å². The van der Waals surface area contributed by atoms with Gasteiger partial charge in [0.2, 0.25) is 11.8 Å². The molecule has 0 aromatic heterocycles. The van der Waals surface area contributed by atoms with E-state index < -0.39 is 6.04 Å². The smallest absolute Gasteiger partial charge is 0.237 e. The molecule has 0 rings (SSSR count). The maximum atomic E-state index is 11.3. The summed E-state index contributed by atoms with van der Waals surface area (Å²) >= 11 is 0. The minimum Gasteiger partial charge on any atom is -0.354 e. The fraction of sp³-hybridized carbons (Fsp3) is 0.600. The Morgan fingerprint density at radius 3 is 2.60 bits per heavy atom. The molecular formula is C10H19N3O2. The molecule has 5 heteroatoms. The lowest BCUT2D eigenvalue weighted by atomic mass is 10.2. The largest absolute Gasteiger partial charge is 0.354 e. The van der Waals surface area contributed by atoms with Gasteiger partial charge in [0.15, 0.2) is 0 Å². The molecule has 0 aliphatic heterocycles. The van der Waals surface area contributed by atoms with Crippen LogP contribution in [-0.4, -0.2) is 43.4 Å². The Balaban J connectivity index is 3.72. The molecule has 0 saturated carbocycles. The van der Waals surface area contributed by atoms with Gasteiger partial charge in [-0.1, -0.05) is 6.08 Å². The summed E-state index contributed by atoms with van der Waals surface area (Å²) in [7, 11) is 3.35. The van der Waals surface area contributed by atoms with Crippen LogP contribution in [0.2, 0.25) is 0 Å². The van der Waals surface area contributed by atoms with Gasteiger partial charge in [-0.15, -0.1) is 6.58 Å². The molecular weight excluding hydrogens is 194 g/mol. The van der Waals surface area contributed by atoms with Gasteiger partial charge < -0.3 is 16.0 Å². The van der Waals surface area contributed by atoms with Crippen molar-refractivity contribution in [2.24, 2.45) is 5.73 Å². The van der Waals surface area contributed by atoms with Crippen molar-refractivity contribution in [3.05, 3.63) is 12.7 Å². The molecule has 0 bridgehead atoms. The standard InChI is InChI=1S/C10H19N3O2/c1-4-5-8(11)10(15)12-7-6-9(14)13(2)3/h4,8H,1,5-7,11H2,2-3H3,(H,12,15). The van der Waals surface area contributed by atoms with Gasteiger partial charge in [-0.05, 0) is 6.42 Å². The van der Waals surface area contributed by atoms with E-state index >= 15 is 0 Å². The Morgan fingerprint density at radius 2 is 2.13 bits per heavy atom. The number of amides is 2. The fourth-order valence-electron chi connectivity index (χ4n) is 0.934. The normalized spacial score (nSPS) is 11.7. The van der Waals surface area contributed by atoms with E-state index in [2.05, 4.69) is 11.9 Å². The number of carbonyl (C=O) groups excluding carboxylic acids is 2. The molecule has 2 amide bonds. The highest BCUT2D eigenvalue weighted by molar-refractivity contribution is 5.82. The Morgan fingerprint density at radius 1 is 1.53 bits per heavy atom. The molecule has 0 spiro atoms. The van der Waals surface area contributed by atoms with E-state index in [0.29, 0.717) is 19.4 Å². The van der Waals surface area contributed by atoms with Crippen LogP contribution in [0.1, 0.15) is 12.8 Å². The summed E-state index contributed by atoms with van der Waals surface area (Å²) in [5.74, 6) is -0.269. The number of hydrogen-bond acceptors (Lipinski definition) is 3. The third-order valence-corrected chi connectivity index (χ3v) is 1.89. The van der Waals surface area contributed by atoms with Gasteiger partial charge >= 0.3 is 0 Å². The lowest BCUT2D eigenvalue weighted by Crippen LogP contribution is -2.41. The van der Waals surface area contributed by atoms with Crippen molar-refractivity contribution in [2.75, 3.05) is 20.6 Å². The van der Waals surface area contributed by atoms with E-state index in [0.717, 1.165) is 0 Å². The Bertz CT molecular complexity index is 239. The lowest BCUT2D eigenvalue weighted by Gasteiger charge is -2.12. The van der Waals surface area contributed by atoms with Crippen molar-refractivity contribution in [1.82, 2.24) is 10.2 Å². The first kappa shape index (κ1) is 13.6. The van der Waals surface area contributed by atoms with Gasteiger partial charge in [-0.25, -0.2) is 0 Å². The van der Waals surface area contributed by atoms with Crippen LogP contribution in [0.3, 0.4) is 0 Å². The summed E-state index contributed by atoms with van der Waals surface area (Å²) in [6.45, 7) is 3.81. The number of nitrogens with zero attached hydrogens (tertiary/aromatic N) is 1.